The van der Waals surface area contributed by atoms with E-state index in [0.717, 1.165) is 10.9 Å². The monoisotopic (exact) mass is 597 g/mol. The highest BCUT2D eigenvalue weighted by atomic mass is 16.4. The third kappa shape index (κ3) is 9.28. The lowest BCUT2D eigenvalue weighted by Crippen LogP contribution is -2.58. The van der Waals surface area contributed by atoms with Gasteiger partial charge in [-0.05, 0) is 42.7 Å². The van der Waals surface area contributed by atoms with Crippen LogP contribution in [0.5, 0.6) is 5.75 Å². The van der Waals surface area contributed by atoms with E-state index >= 15 is 0 Å². The van der Waals surface area contributed by atoms with Crippen molar-refractivity contribution in [3.63, 3.8) is 0 Å². The maximum Gasteiger partial charge on any atom is 0.326 e. The predicted octanol–water partition coefficient (Wildman–Crippen LogP) is -0.229. The Morgan fingerprint density at radius 3 is 2.07 bits per heavy atom. The van der Waals surface area contributed by atoms with Gasteiger partial charge in [0, 0.05) is 36.4 Å². The van der Waals surface area contributed by atoms with Gasteiger partial charge in [0.05, 0.1) is 6.10 Å². The molecule has 0 saturated carbocycles. The molecule has 1 aromatic heterocycles. The summed E-state index contributed by atoms with van der Waals surface area (Å²) in [5.41, 5.74) is 7.58. The molecular formula is C29H35N5O9. The number of hydrogen-bond acceptors (Lipinski definition) is 8. The van der Waals surface area contributed by atoms with Gasteiger partial charge in [0.2, 0.25) is 17.7 Å². The second-order valence-electron chi connectivity index (χ2n) is 10.2. The molecule has 0 radical (unpaired) electrons. The van der Waals surface area contributed by atoms with Crippen LogP contribution in [0, 0.1) is 0 Å². The number of phenols is 1. The number of fused-ring (bicyclic) bond motifs is 1. The van der Waals surface area contributed by atoms with E-state index in [1.54, 1.807) is 18.3 Å². The Labute approximate surface area is 246 Å². The zero-order chi connectivity index (χ0) is 31.7. The molecule has 3 aromatic rings. The van der Waals surface area contributed by atoms with Gasteiger partial charge < -0.3 is 47.1 Å². The van der Waals surface area contributed by atoms with Gasteiger partial charge in [0.1, 0.15) is 29.9 Å². The van der Waals surface area contributed by atoms with Gasteiger partial charge in [-0.1, -0.05) is 30.3 Å². The number of aliphatic hydroxyl groups excluding tert-OH is 1. The molecule has 14 heteroatoms. The number of hydrogen-bond donors (Lipinski definition) is 9. The Morgan fingerprint density at radius 1 is 0.837 bits per heavy atom. The van der Waals surface area contributed by atoms with E-state index in [1.165, 1.54) is 31.2 Å². The van der Waals surface area contributed by atoms with Gasteiger partial charge in [0.25, 0.3) is 0 Å². The number of nitrogens with two attached hydrogens (primary N) is 1. The minimum atomic E-state index is -1.43. The number of carboxylic acids is 2. The Balaban J connectivity index is 1.88. The average molecular weight is 598 g/mol. The van der Waals surface area contributed by atoms with E-state index in [-0.39, 0.29) is 25.0 Å². The van der Waals surface area contributed by atoms with Crippen molar-refractivity contribution in [1.82, 2.24) is 20.9 Å². The highest BCUT2D eigenvalue weighted by Crippen LogP contribution is 2.20. The topological polar surface area (TPSA) is 244 Å². The number of para-hydroxylation sites is 1. The van der Waals surface area contributed by atoms with Gasteiger partial charge in [-0.25, -0.2) is 4.79 Å². The minimum absolute atomic E-state index is 0.0138. The Kier molecular flexibility index (Phi) is 11.2. The van der Waals surface area contributed by atoms with Crippen LogP contribution in [-0.4, -0.2) is 85.3 Å². The largest absolute Gasteiger partial charge is 0.508 e. The Bertz CT molecular complexity index is 1450. The van der Waals surface area contributed by atoms with Crippen molar-refractivity contribution < 1.29 is 44.4 Å². The van der Waals surface area contributed by atoms with E-state index < -0.39 is 66.4 Å². The number of rotatable bonds is 15. The summed E-state index contributed by atoms with van der Waals surface area (Å²) < 4.78 is 0. The molecule has 3 amide bonds. The fourth-order valence-corrected chi connectivity index (χ4v) is 4.37. The Morgan fingerprint density at radius 2 is 1.44 bits per heavy atom. The van der Waals surface area contributed by atoms with Crippen LogP contribution in [0.2, 0.25) is 0 Å². The van der Waals surface area contributed by atoms with Gasteiger partial charge in [-0.3, -0.25) is 19.2 Å². The second-order valence-corrected chi connectivity index (χ2v) is 10.2. The maximum atomic E-state index is 13.5. The minimum Gasteiger partial charge on any atom is -0.508 e. The van der Waals surface area contributed by atoms with Crippen LogP contribution in [0.3, 0.4) is 0 Å². The molecule has 10 N–H and O–H groups in total. The number of aliphatic hydroxyl groups is 1. The van der Waals surface area contributed by atoms with Crippen molar-refractivity contribution in [2.75, 3.05) is 0 Å². The number of phenolic OH excluding ortho intramolecular Hbond substituents is 1. The third-order valence-electron chi connectivity index (χ3n) is 6.83. The lowest BCUT2D eigenvalue weighted by Gasteiger charge is -2.25. The summed E-state index contributed by atoms with van der Waals surface area (Å²) in [5, 5.41) is 46.2. The molecule has 0 spiro atoms. The van der Waals surface area contributed by atoms with Crippen molar-refractivity contribution in [1.29, 1.82) is 0 Å². The number of carbonyl (C=O) groups excluding carboxylic acids is 3. The standard InChI is InChI=1S/C29H35N5O9/c1-15(35)25(30)28(41)32-21(10-11-24(37)38)26(39)33-22(13-17-14-31-20-5-3-2-4-19(17)20)27(40)34-23(29(42)43)12-16-6-8-18(36)9-7-16/h2-9,14-15,21-23,25,31,35-36H,10-13,30H2,1H3,(H,32,41)(H,33,39)(H,34,40)(H,37,38)(H,42,43). The molecule has 0 aliphatic rings. The van der Waals surface area contributed by atoms with Crippen molar-refractivity contribution in [3.05, 3.63) is 65.9 Å². The predicted molar refractivity (Wildman–Crippen MR) is 154 cm³/mol. The van der Waals surface area contributed by atoms with Crippen LogP contribution in [0.1, 0.15) is 30.9 Å². The lowest BCUT2D eigenvalue weighted by molar-refractivity contribution is -0.142. The van der Waals surface area contributed by atoms with Crippen molar-refractivity contribution >= 4 is 40.6 Å². The average Bonchev–Trinajstić information content (AvgIpc) is 3.37. The summed E-state index contributed by atoms with van der Waals surface area (Å²) in [6, 6.07) is 7.42. The molecular weight excluding hydrogens is 562 g/mol. The summed E-state index contributed by atoms with van der Waals surface area (Å²) >= 11 is 0. The van der Waals surface area contributed by atoms with Crippen LogP contribution in [0.4, 0.5) is 0 Å². The van der Waals surface area contributed by atoms with Crippen molar-refractivity contribution in [2.45, 2.75) is 62.9 Å². The fraction of sp³-hybridized carbons (Fsp3) is 0.345. The summed E-state index contributed by atoms with van der Waals surface area (Å²) in [6.45, 7) is 1.27. The van der Waals surface area contributed by atoms with Crippen molar-refractivity contribution in [2.24, 2.45) is 5.73 Å². The van der Waals surface area contributed by atoms with Crippen LogP contribution >= 0.6 is 0 Å². The lowest BCUT2D eigenvalue weighted by atomic mass is 10.0. The normalized spacial score (nSPS) is 14.6. The summed E-state index contributed by atoms with van der Waals surface area (Å²) in [4.78, 5) is 65.8. The maximum absolute atomic E-state index is 13.5. The molecule has 0 aliphatic carbocycles. The first-order chi connectivity index (χ1) is 20.3. The zero-order valence-corrected chi connectivity index (χ0v) is 23.3. The van der Waals surface area contributed by atoms with Crippen LogP contribution < -0.4 is 21.7 Å². The number of benzene rings is 2. The Hall–Kier alpha value is -4.95. The zero-order valence-electron chi connectivity index (χ0n) is 23.3. The fourth-order valence-electron chi connectivity index (χ4n) is 4.37. The summed E-state index contributed by atoms with van der Waals surface area (Å²) in [6.07, 6.45) is -0.670. The first kappa shape index (κ1) is 32.6. The SMILES string of the molecule is CC(O)C(N)C(=O)NC(CCC(=O)O)C(=O)NC(Cc1c[nH]c2ccccc12)C(=O)NC(Cc1ccc(O)cc1)C(=O)O. The molecule has 5 unspecified atom stereocenters. The molecule has 43 heavy (non-hydrogen) atoms. The first-order valence-electron chi connectivity index (χ1n) is 13.5. The number of aromatic amines is 1. The molecule has 0 aliphatic heterocycles. The van der Waals surface area contributed by atoms with E-state index in [1.807, 2.05) is 12.1 Å². The first-order valence-corrected chi connectivity index (χ1v) is 13.5. The molecule has 0 bridgehead atoms. The number of aromatic hydroxyl groups is 1. The molecule has 230 valence electrons. The molecule has 14 nitrogen and oxygen atoms in total. The number of aliphatic carboxylic acids is 2. The summed E-state index contributed by atoms with van der Waals surface area (Å²) in [5.74, 6) is -5.24. The number of aromatic nitrogens is 1. The number of H-pyrrole nitrogens is 1. The third-order valence-corrected chi connectivity index (χ3v) is 6.83. The van der Waals surface area contributed by atoms with Gasteiger partial charge in [0.15, 0.2) is 0 Å². The van der Waals surface area contributed by atoms with Crippen LogP contribution in [0.25, 0.3) is 10.9 Å². The van der Waals surface area contributed by atoms with E-state index in [9.17, 15) is 39.3 Å². The van der Waals surface area contributed by atoms with Gasteiger partial charge in [-0.2, -0.15) is 0 Å². The number of carbonyl (C=O) groups is 5. The van der Waals surface area contributed by atoms with Gasteiger partial charge in [-0.15, -0.1) is 0 Å². The van der Waals surface area contributed by atoms with Crippen molar-refractivity contribution in [3.8, 4) is 5.75 Å². The molecule has 0 fully saturated rings. The highest BCUT2D eigenvalue weighted by molar-refractivity contribution is 5.95. The number of nitrogens with one attached hydrogen (secondary N) is 4. The quantitative estimate of drug-likeness (QED) is 0.111. The molecule has 2 aromatic carbocycles. The van der Waals surface area contributed by atoms with Crippen LogP contribution in [-0.2, 0) is 36.8 Å². The van der Waals surface area contributed by atoms with Crippen LogP contribution in [0.15, 0.2) is 54.7 Å². The number of carboxylic acid groups (broad SMARTS) is 2. The molecule has 3 rings (SSSR count). The molecule has 5 atom stereocenters. The van der Waals surface area contributed by atoms with E-state index in [0.29, 0.717) is 11.1 Å². The number of amides is 3. The molecule has 1 heterocycles. The smallest absolute Gasteiger partial charge is 0.326 e. The highest BCUT2D eigenvalue weighted by Gasteiger charge is 2.32. The summed E-state index contributed by atoms with van der Waals surface area (Å²) in [7, 11) is 0. The van der Waals surface area contributed by atoms with E-state index in [4.69, 9.17) is 10.8 Å². The van der Waals surface area contributed by atoms with Gasteiger partial charge >= 0.3 is 11.9 Å². The second kappa shape index (κ2) is 14.8. The molecule has 0 saturated heterocycles. The van der Waals surface area contributed by atoms with E-state index in [2.05, 4.69) is 20.9 Å².